The quantitative estimate of drug-likeness (QED) is 0.624. The summed E-state index contributed by atoms with van der Waals surface area (Å²) < 4.78 is 73.1. The summed E-state index contributed by atoms with van der Waals surface area (Å²) in [6.45, 7) is 0. The van der Waals surface area contributed by atoms with Crippen molar-refractivity contribution in [1.82, 2.24) is 0 Å². The first-order chi connectivity index (χ1) is 17.2. The van der Waals surface area contributed by atoms with Crippen molar-refractivity contribution in [3.8, 4) is 5.75 Å². The predicted octanol–water partition coefficient (Wildman–Crippen LogP) is 4.77. The lowest BCUT2D eigenvalue weighted by Gasteiger charge is -2.36. The fourth-order valence-corrected chi connectivity index (χ4v) is 6.12. The number of halogens is 3. The number of amides is 1. The first-order valence-electron chi connectivity index (χ1n) is 12.8. The molecule has 2 aliphatic carbocycles. The van der Waals surface area contributed by atoms with Crippen LogP contribution in [0, 0.1) is 0 Å². The van der Waals surface area contributed by atoms with Gasteiger partial charge in [-0.1, -0.05) is 12.8 Å². The highest BCUT2D eigenvalue weighted by Gasteiger charge is 2.65. The van der Waals surface area contributed by atoms with E-state index in [1.165, 1.54) is 12.1 Å². The van der Waals surface area contributed by atoms with Crippen LogP contribution in [0.3, 0.4) is 0 Å². The number of ether oxygens (including phenoxy) is 6. The molecule has 3 saturated heterocycles. The zero-order chi connectivity index (χ0) is 25.0. The lowest BCUT2D eigenvalue weighted by atomic mass is 9.94. The molecule has 5 atom stereocenters. The maximum atomic E-state index is 13.4. The summed E-state index contributed by atoms with van der Waals surface area (Å²) in [5.74, 6) is -2.37. The van der Waals surface area contributed by atoms with Crippen molar-refractivity contribution >= 4 is 11.6 Å². The van der Waals surface area contributed by atoms with Crippen LogP contribution in [0.4, 0.5) is 18.9 Å². The van der Waals surface area contributed by atoms with Gasteiger partial charge in [-0.25, -0.2) is 0 Å². The molecule has 0 bridgehead atoms. The Morgan fingerprint density at radius 2 is 1.36 bits per heavy atom. The van der Waals surface area contributed by atoms with E-state index in [1.54, 1.807) is 0 Å². The number of carbonyl (C=O) groups is 1. The molecule has 1 amide bonds. The highest BCUT2D eigenvalue weighted by molar-refractivity contribution is 5.94. The number of alkyl halides is 3. The summed E-state index contributed by atoms with van der Waals surface area (Å²) in [4.78, 5) is 13.4. The molecule has 5 aliphatic rings. The number of hydrogen-bond acceptors (Lipinski definition) is 7. The molecule has 1 aromatic rings. The summed E-state index contributed by atoms with van der Waals surface area (Å²) in [6, 6.07) is 4.94. The largest absolute Gasteiger partial charge is 0.573 e. The van der Waals surface area contributed by atoms with Crippen LogP contribution in [0.1, 0.15) is 64.2 Å². The normalized spacial score (nSPS) is 34.8. The lowest BCUT2D eigenvalue weighted by Crippen LogP contribution is -2.58. The smallest absolute Gasteiger partial charge is 0.406 e. The van der Waals surface area contributed by atoms with Crippen molar-refractivity contribution in [2.75, 3.05) is 5.32 Å². The van der Waals surface area contributed by atoms with Gasteiger partial charge in [-0.3, -0.25) is 4.79 Å². The van der Waals surface area contributed by atoms with E-state index in [0.717, 1.165) is 76.3 Å². The molecule has 0 aromatic heterocycles. The van der Waals surface area contributed by atoms with Gasteiger partial charge in [0.05, 0.1) is 0 Å². The molecular weight excluding hydrogens is 483 g/mol. The highest BCUT2D eigenvalue weighted by Crippen LogP contribution is 2.51. The summed E-state index contributed by atoms with van der Waals surface area (Å²) >= 11 is 0. The van der Waals surface area contributed by atoms with Crippen molar-refractivity contribution in [2.45, 2.75) is 113 Å². The second-order valence-electron chi connectivity index (χ2n) is 10.3. The van der Waals surface area contributed by atoms with Gasteiger partial charge >= 0.3 is 6.36 Å². The zero-order valence-electron chi connectivity index (χ0n) is 19.8. The van der Waals surface area contributed by atoms with Crippen LogP contribution < -0.4 is 10.1 Å². The van der Waals surface area contributed by atoms with Gasteiger partial charge in [-0.05, 0) is 49.9 Å². The number of rotatable bonds is 3. The molecule has 2 spiro atoms. The van der Waals surface area contributed by atoms with Gasteiger partial charge in [0.25, 0.3) is 5.91 Å². The minimum atomic E-state index is -4.79. The molecule has 36 heavy (non-hydrogen) atoms. The molecule has 8 nitrogen and oxygen atoms in total. The molecule has 0 unspecified atom stereocenters. The lowest BCUT2D eigenvalue weighted by molar-refractivity contribution is -0.274. The first kappa shape index (κ1) is 24.4. The Bertz CT molecular complexity index is 959. The number of carbonyl (C=O) groups excluding carboxylic acids is 1. The fraction of sp³-hybridized carbons (Fsp3) is 0.720. The van der Waals surface area contributed by atoms with Crippen molar-refractivity contribution in [1.29, 1.82) is 0 Å². The van der Waals surface area contributed by atoms with E-state index < -0.39 is 54.5 Å². The molecular formula is C25H30F3NO7. The van der Waals surface area contributed by atoms with Crippen molar-refractivity contribution < 1.29 is 46.4 Å². The summed E-state index contributed by atoms with van der Waals surface area (Å²) in [5.41, 5.74) is 0.301. The standard InChI is InChI=1S/C25H30F3NO7/c26-25(27,28)32-16-9-7-15(8-10-16)29-21(30)19-17-18(34-23(33-17)11-3-1-4-12-23)20-22(31-19)36-24(35-20)13-5-2-6-14-24/h7-10,17-20,22H,1-6,11-14H2,(H,29,30)/t17-,18+,19+,20+,22+/m0/s1. The first-order valence-corrected chi connectivity index (χ1v) is 12.8. The van der Waals surface area contributed by atoms with E-state index in [0.29, 0.717) is 5.69 Å². The summed E-state index contributed by atoms with van der Waals surface area (Å²) in [7, 11) is 0. The average molecular weight is 514 g/mol. The Labute approximate surface area is 206 Å². The van der Waals surface area contributed by atoms with Gasteiger partial charge in [0.2, 0.25) is 0 Å². The third-order valence-corrected chi connectivity index (χ3v) is 7.72. The predicted molar refractivity (Wildman–Crippen MR) is 118 cm³/mol. The Balaban J connectivity index is 1.21. The van der Waals surface area contributed by atoms with Gasteiger partial charge in [-0.2, -0.15) is 0 Å². The molecule has 2 saturated carbocycles. The highest BCUT2D eigenvalue weighted by atomic mass is 19.4. The van der Waals surface area contributed by atoms with Gasteiger partial charge < -0.3 is 33.7 Å². The third kappa shape index (κ3) is 4.71. The molecule has 11 heteroatoms. The summed E-state index contributed by atoms with van der Waals surface area (Å²) in [6.07, 6.45) is 0.819. The number of hydrogen-bond donors (Lipinski definition) is 1. The number of benzene rings is 1. The number of nitrogens with one attached hydrogen (secondary N) is 1. The van der Waals surface area contributed by atoms with E-state index in [-0.39, 0.29) is 5.75 Å². The van der Waals surface area contributed by atoms with Gasteiger partial charge in [0, 0.05) is 31.4 Å². The van der Waals surface area contributed by atoms with Crippen LogP contribution >= 0.6 is 0 Å². The summed E-state index contributed by atoms with van der Waals surface area (Å²) in [5, 5.41) is 2.72. The Kier molecular flexibility index (Phi) is 6.19. The molecule has 0 radical (unpaired) electrons. The molecule has 3 heterocycles. The van der Waals surface area contributed by atoms with E-state index in [1.807, 2.05) is 0 Å². The van der Waals surface area contributed by atoms with Gasteiger partial charge in [0.15, 0.2) is 24.0 Å². The fourth-order valence-electron chi connectivity index (χ4n) is 6.12. The monoisotopic (exact) mass is 513 g/mol. The molecule has 1 N–H and O–H groups in total. The SMILES string of the molecule is O=C(Nc1ccc(OC(F)(F)F)cc1)[C@@H]1O[C@@H]2OC3(CCCCC3)O[C@@H]2[C@@H]2OC3(CCCCC3)O[C@@H]21. The minimum absolute atomic E-state index is 0.301. The molecule has 3 aliphatic heterocycles. The van der Waals surface area contributed by atoms with Gasteiger partial charge in [0.1, 0.15) is 24.1 Å². The zero-order valence-corrected chi connectivity index (χ0v) is 19.8. The second kappa shape index (κ2) is 9.13. The van der Waals surface area contributed by atoms with Crippen molar-refractivity contribution in [3.63, 3.8) is 0 Å². The van der Waals surface area contributed by atoms with E-state index >= 15 is 0 Å². The van der Waals surface area contributed by atoms with Crippen molar-refractivity contribution in [3.05, 3.63) is 24.3 Å². The van der Waals surface area contributed by atoms with Crippen LogP contribution in [0.5, 0.6) is 5.75 Å². The number of anilines is 1. The average Bonchev–Trinajstić information content (AvgIpc) is 3.37. The molecule has 1 aromatic carbocycles. The van der Waals surface area contributed by atoms with E-state index in [4.69, 9.17) is 23.7 Å². The van der Waals surface area contributed by atoms with Crippen molar-refractivity contribution in [2.24, 2.45) is 0 Å². The maximum Gasteiger partial charge on any atom is 0.573 e. The maximum absolute atomic E-state index is 13.4. The minimum Gasteiger partial charge on any atom is -0.406 e. The Morgan fingerprint density at radius 3 is 1.97 bits per heavy atom. The van der Waals surface area contributed by atoms with Gasteiger partial charge in [-0.15, -0.1) is 13.2 Å². The van der Waals surface area contributed by atoms with E-state index in [9.17, 15) is 18.0 Å². The second-order valence-corrected chi connectivity index (χ2v) is 10.3. The number of fused-ring (bicyclic) bond motifs is 3. The van der Waals surface area contributed by atoms with E-state index in [2.05, 4.69) is 10.1 Å². The Morgan fingerprint density at radius 1 is 0.806 bits per heavy atom. The van der Waals surface area contributed by atoms with Crippen LogP contribution in [-0.4, -0.2) is 54.5 Å². The third-order valence-electron chi connectivity index (χ3n) is 7.72. The van der Waals surface area contributed by atoms with Crippen LogP contribution in [0.15, 0.2) is 24.3 Å². The van der Waals surface area contributed by atoms with Crippen LogP contribution in [0.25, 0.3) is 0 Å². The Hall–Kier alpha value is -1.92. The molecule has 5 fully saturated rings. The van der Waals surface area contributed by atoms with Crippen LogP contribution in [-0.2, 0) is 28.5 Å². The topological polar surface area (TPSA) is 84.5 Å². The molecule has 6 rings (SSSR count). The molecule has 198 valence electrons. The van der Waals surface area contributed by atoms with Crippen LogP contribution in [0.2, 0.25) is 0 Å².